The predicted octanol–water partition coefficient (Wildman–Crippen LogP) is 5.32. The highest BCUT2D eigenvalue weighted by Gasteiger charge is 2.31. The zero-order valence-electron chi connectivity index (χ0n) is 16.1. The number of pyridine rings is 1. The number of fused-ring (bicyclic) bond motifs is 1. The van der Waals surface area contributed by atoms with Crippen LogP contribution in [0.2, 0.25) is 0 Å². The fraction of sp³-hybridized carbons (Fsp3) is 0.600. The molecule has 0 N–H and O–H groups in total. The Bertz CT molecular complexity index is 794. The lowest BCUT2D eigenvalue weighted by molar-refractivity contribution is 0.0289. The zero-order valence-corrected chi connectivity index (χ0v) is 17.7. The summed E-state index contributed by atoms with van der Waals surface area (Å²) in [4.78, 5) is 18.6. The van der Waals surface area contributed by atoms with E-state index in [2.05, 4.69) is 44.7 Å². The van der Waals surface area contributed by atoms with Gasteiger partial charge in [-0.1, -0.05) is 13.3 Å². The van der Waals surface area contributed by atoms with Gasteiger partial charge in [-0.15, -0.1) is 0 Å². The van der Waals surface area contributed by atoms with Crippen molar-refractivity contribution in [2.75, 3.05) is 13.1 Å². The molecule has 1 amide bonds. The van der Waals surface area contributed by atoms with Crippen molar-refractivity contribution >= 4 is 32.9 Å². The average molecular weight is 422 g/mol. The number of carbonyl (C=O) groups is 1. The third kappa shape index (κ3) is 4.22. The first-order valence-electron chi connectivity index (χ1n) is 9.41. The molecule has 2 aromatic rings. The summed E-state index contributed by atoms with van der Waals surface area (Å²) in [5, 5.41) is 1.22. The van der Waals surface area contributed by atoms with Crippen LogP contribution in [0.3, 0.4) is 0 Å². The maximum Gasteiger partial charge on any atom is 0.410 e. The first kappa shape index (κ1) is 19.2. The Labute approximate surface area is 163 Å². The minimum absolute atomic E-state index is 0.217. The van der Waals surface area contributed by atoms with E-state index in [1.54, 1.807) is 0 Å². The molecule has 0 radical (unpaired) electrons. The van der Waals surface area contributed by atoms with Crippen LogP contribution in [0.1, 0.15) is 58.6 Å². The van der Waals surface area contributed by atoms with Crippen molar-refractivity contribution in [2.24, 2.45) is 0 Å². The van der Waals surface area contributed by atoms with Crippen molar-refractivity contribution in [3.8, 4) is 0 Å². The number of hydrogen-bond acceptors (Lipinski definition) is 3. The number of carbonyl (C=O) groups excluding carboxylic acids is 1. The quantitative estimate of drug-likeness (QED) is 0.627. The second kappa shape index (κ2) is 7.59. The van der Waals surface area contributed by atoms with Gasteiger partial charge >= 0.3 is 6.09 Å². The fourth-order valence-corrected chi connectivity index (χ4v) is 3.84. The van der Waals surface area contributed by atoms with Gasteiger partial charge in [0.25, 0.3) is 0 Å². The van der Waals surface area contributed by atoms with Gasteiger partial charge < -0.3 is 14.2 Å². The minimum atomic E-state index is -0.459. The van der Waals surface area contributed by atoms with Gasteiger partial charge in [0.05, 0.1) is 11.6 Å². The lowest BCUT2D eigenvalue weighted by atomic mass is 10.1. The van der Waals surface area contributed by atoms with Crippen LogP contribution in [-0.2, 0) is 11.2 Å². The third-order valence-corrected chi connectivity index (χ3v) is 5.21. The molecule has 6 heteroatoms. The number of halogens is 1. The first-order chi connectivity index (χ1) is 12.3. The van der Waals surface area contributed by atoms with Crippen molar-refractivity contribution in [1.29, 1.82) is 0 Å². The summed E-state index contributed by atoms with van der Waals surface area (Å²) in [5.41, 5.74) is 2.07. The Morgan fingerprint density at radius 3 is 2.88 bits per heavy atom. The molecular formula is C20H28BrN3O2. The number of rotatable bonds is 4. The van der Waals surface area contributed by atoms with E-state index in [9.17, 15) is 4.79 Å². The Morgan fingerprint density at radius 2 is 2.19 bits per heavy atom. The lowest BCUT2D eigenvalue weighted by Gasteiger charge is -2.24. The van der Waals surface area contributed by atoms with Crippen molar-refractivity contribution in [3.63, 3.8) is 0 Å². The molecule has 1 atom stereocenters. The summed E-state index contributed by atoms with van der Waals surface area (Å²) in [5.74, 6) is 0. The maximum absolute atomic E-state index is 12.4. The van der Waals surface area contributed by atoms with E-state index in [1.807, 2.05) is 31.9 Å². The number of nitrogens with zero attached hydrogens (tertiary/aromatic N) is 3. The van der Waals surface area contributed by atoms with Crippen molar-refractivity contribution < 1.29 is 9.53 Å². The molecule has 142 valence electrons. The van der Waals surface area contributed by atoms with Gasteiger partial charge in [0, 0.05) is 30.9 Å². The molecule has 1 fully saturated rings. The molecule has 0 bridgehead atoms. The number of hydrogen-bond donors (Lipinski definition) is 0. The first-order valence-corrected chi connectivity index (χ1v) is 10.2. The topological polar surface area (TPSA) is 47.4 Å². The number of aromatic nitrogens is 2. The van der Waals surface area contributed by atoms with E-state index >= 15 is 0 Å². The molecule has 1 aliphatic heterocycles. The van der Waals surface area contributed by atoms with Crippen LogP contribution in [0.15, 0.2) is 23.1 Å². The van der Waals surface area contributed by atoms with Crippen LogP contribution in [0.25, 0.3) is 10.9 Å². The monoisotopic (exact) mass is 421 g/mol. The smallest absolute Gasteiger partial charge is 0.410 e. The van der Waals surface area contributed by atoms with Gasteiger partial charge in [0.15, 0.2) is 0 Å². The van der Waals surface area contributed by atoms with Crippen LogP contribution < -0.4 is 0 Å². The van der Waals surface area contributed by atoms with Crippen molar-refractivity contribution in [2.45, 2.75) is 65.0 Å². The molecule has 2 aromatic heterocycles. The third-order valence-electron chi connectivity index (χ3n) is 4.78. The second-order valence-corrected chi connectivity index (χ2v) is 8.87. The SMILES string of the molecule is CCCCc1cn(C2CCN(C(=O)OC(C)(C)C)C2)c2cc(Br)ncc12. The number of likely N-dealkylation sites (tertiary alicyclic amines) is 1. The van der Waals surface area contributed by atoms with Gasteiger partial charge in [-0.25, -0.2) is 9.78 Å². The molecule has 0 aromatic carbocycles. The summed E-state index contributed by atoms with van der Waals surface area (Å²) in [7, 11) is 0. The van der Waals surface area contributed by atoms with Crippen LogP contribution in [0.4, 0.5) is 4.79 Å². The molecule has 0 saturated carbocycles. The maximum atomic E-state index is 12.4. The van der Waals surface area contributed by atoms with E-state index in [1.165, 1.54) is 29.3 Å². The van der Waals surface area contributed by atoms with Gasteiger partial charge in [0.2, 0.25) is 0 Å². The number of ether oxygens (including phenoxy) is 1. The fourth-order valence-electron chi connectivity index (χ4n) is 3.52. The average Bonchev–Trinajstić information content (AvgIpc) is 3.15. The zero-order chi connectivity index (χ0) is 18.9. The van der Waals surface area contributed by atoms with E-state index in [0.717, 1.165) is 24.0 Å². The normalized spacial score (nSPS) is 17.9. The standard InChI is InChI=1S/C20H28BrN3O2/c1-5-6-7-14-12-24(17-10-18(21)22-11-16(14)17)15-8-9-23(13-15)19(25)26-20(2,3)4/h10-12,15H,5-9,13H2,1-4H3. The summed E-state index contributed by atoms with van der Waals surface area (Å²) in [6.07, 6.45) is 8.35. The second-order valence-electron chi connectivity index (χ2n) is 8.06. The molecule has 0 spiro atoms. The minimum Gasteiger partial charge on any atom is -0.444 e. The molecule has 1 aliphatic rings. The van der Waals surface area contributed by atoms with Gasteiger partial charge in [-0.05, 0) is 67.6 Å². The lowest BCUT2D eigenvalue weighted by Crippen LogP contribution is -2.35. The van der Waals surface area contributed by atoms with Crippen LogP contribution >= 0.6 is 15.9 Å². The predicted molar refractivity (Wildman–Crippen MR) is 108 cm³/mol. The highest BCUT2D eigenvalue weighted by molar-refractivity contribution is 9.10. The number of aryl methyl sites for hydroxylation is 1. The number of amides is 1. The molecule has 3 heterocycles. The Hall–Kier alpha value is -1.56. The van der Waals surface area contributed by atoms with E-state index in [-0.39, 0.29) is 12.1 Å². The van der Waals surface area contributed by atoms with Crippen LogP contribution in [-0.4, -0.2) is 39.2 Å². The summed E-state index contributed by atoms with van der Waals surface area (Å²) in [6, 6.07) is 2.36. The highest BCUT2D eigenvalue weighted by atomic mass is 79.9. The highest BCUT2D eigenvalue weighted by Crippen LogP contribution is 2.32. The van der Waals surface area contributed by atoms with Gasteiger partial charge in [0.1, 0.15) is 10.2 Å². The Morgan fingerprint density at radius 1 is 1.42 bits per heavy atom. The Kier molecular flexibility index (Phi) is 5.61. The molecule has 1 unspecified atom stereocenters. The number of unbranched alkanes of at least 4 members (excludes halogenated alkanes) is 1. The van der Waals surface area contributed by atoms with Crippen molar-refractivity contribution in [1.82, 2.24) is 14.5 Å². The molecule has 3 rings (SSSR count). The van der Waals surface area contributed by atoms with E-state index in [4.69, 9.17) is 4.74 Å². The van der Waals surface area contributed by atoms with Crippen LogP contribution in [0, 0.1) is 0 Å². The summed E-state index contributed by atoms with van der Waals surface area (Å²) in [6.45, 7) is 9.35. The van der Waals surface area contributed by atoms with E-state index in [0.29, 0.717) is 6.54 Å². The van der Waals surface area contributed by atoms with Gasteiger partial charge in [-0.2, -0.15) is 0 Å². The summed E-state index contributed by atoms with van der Waals surface area (Å²) >= 11 is 3.50. The van der Waals surface area contributed by atoms with Crippen LogP contribution in [0.5, 0.6) is 0 Å². The molecular weight excluding hydrogens is 394 g/mol. The molecule has 1 saturated heterocycles. The van der Waals surface area contributed by atoms with Crippen molar-refractivity contribution in [3.05, 3.63) is 28.6 Å². The van der Waals surface area contributed by atoms with Gasteiger partial charge in [-0.3, -0.25) is 0 Å². The van der Waals surface area contributed by atoms with E-state index < -0.39 is 5.60 Å². The summed E-state index contributed by atoms with van der Waals surface area (Å²) < 4.78 is 8.70. The Balaban J connectivity index is 1.84. The largest absolute Gasteiger partial charge is 0.444 e. The molecule has 5 nitrogen and oxygen atoms in total. The molecule has 0 aliphatic carbocycles. The molecule has 26 heavy (non-hydrogen) atoms.